The van der Waals surface area contributed by atoms with E-state index in [0.717, 1.165) is 12.0 Å². The second kappa shape index (κ2) is 8.11. The predicted octanol–water partition coefficient (Wildman–Crippen LogP) is 3.67. The summed E-state index contributed by atoms with van der Waals surface area (Å²) in [6.07, 6.45) is 0.889. The van der Waals surface area contributed by atoms with Crippen molar-refractivity contribution in [3.05, 3.63) is 71.8 Å². The number of hydrogen-bond donors (Lipinski definition) is 1. The lowest BCUT2D eigenvalue weighted by Crippen LogP contribution is -2.33. The first kappa shape index (κ1) is 15.9. The molecular weight excluding hydrogens is 278 g/mol. The predicted molar refractivity (Wildman–Crippen MR) is 90.6 cm³/mol. The zero-order valence-corrected chi connectivity index (χ0v) is 13.5. The Kier molecular flexibility index (Phi) is 6.15. The smallest absolute Gasteiger partial charge is 0.0543 e. The van der Waals surface area contributed by atoms with E-state index in [1.807, 2.05) is 55.6 Å². The minimum Gasteiger partial charge on any atom is -0.312 e. The van der Waals surface area contributed by atoms with Gasteiger partial charge in [-0.2, -0.15) is 0 Å². The van der Waals surface area contributed by atoms with Crippen LogP contribution in [0.5, 0.6) is 0 Å². The van der Waals surface area contributed by atoms with Gasteiger partial charge in [-0.25, -0.2) is 0 Å². The first-order valence-electron chi connectivity index (χ1n) is 7.39. The van der Waals surface area contributed by atoms with Crippen LogP contribution in [0.15, 0.2) is 60.7 Å². The molecule has 1 N–H and O–H groups in total. The maximum absolute atomic E-state index is 12.8. The summed E-state index contributed by atoms with van der Waals surface area (Å²) in [6.45, 7) is 2.11. The molecule has 2 nitrogen and oxygen atoms in total. The minimum atomic E-state index is -0.902. The van der Waals surface area contributed by atoms with Crippen molar-refractivity contribution in [3.8, 4) is 0 Å². The average molecular weight is 301 g/mol. The molecule has 0 fully saturated rings. The number of nitrogens with one attached hydrogen (secondary N) is 1. The molecule has 2 aromatic carbocycles. The molecule has 0 aliphatic heterocycles. The van der Waals surface area contributed by atoms with Crippen LogP contribution in [0.2, 0.25) is 0 Å². The number of rotatable bonds is 7. The fourth-order valence-electron chi connectivity index (χ4n) is 2.65. The van der Waals surface area contributed by atoms with Crippen LogP contribution in [0.3, 0.4) is 0 Å². The molecule has 0 amide bonds. The van der Waals surface area contributed by atoms with Gasteiger partial charge in [-0.05, 0) is 24.6 Å². The lowest BCUT2D eigenvalue weighted by Gasteiger charge is -2.26. The minimum absolute atomic E-state index is 0.109. The van der Waals surface area contributed by atoms with Crippen LogP contribution in [0, 0.1) is 0 Å². The van der Waals surface area contributed by atoms with Crippen molar-refractivity contribution in [2.24, 2.45) is 0 Å². The highest BCUT2D eigenvalue weighted by molar-refractivity contribution is 7.84. The van der Waals surface area contributed by atoms with Crippen LogP contribution in [0.1, 0.15) is 30.5 Å². The first-order chi connectivity index (χ1) is 10.3. The standard InChI is InChI=1S/C18H23NOS/c1-3-17(18(19-2)16-12-8-5-9-13-16)21(20)14-15-10-6-4-7-11-15/h4-13,17-19H,3,14H2,1-2H3. The molecule has 3 heteroatoms. The summed E-state index contributed by atoms with van der Waals surface area (Å²) in [7, 11) is 1.04. The Morgan fingerprint density at radius 1 is 1.00 bits per heavy atom. The van der Waals surface area contributed by atoms with Crippen molar-refractivity contribution in [2.45, 2.75) is 30.4 Å². The molecule has 21 heavy (non-hydrogen) atoms. The van der Waals surface area contributed by atoms with Gasteiger partial charge in [0, 0.05) is 22.6 Å². The quantitative estimate of drug-likeness (QED) is 0.845. The maximum Gasteiger partial charge on any atom is 0.0543 e. The third kappa shape index (κ3) is 4.26. The molecular formula is C18H23NOS. The van der Waals surface area contributed by atoms with Gasteiger partial charge >= 0.3 is 0 Å². The van der Waals surface area contributed by atoms with E-state index in [4.69, 9.17) is 0 Å². The Morgan fingerprint density at radius 3 is 2.10 bits per heavy atom. The molecule has 112 valence electrons. The van der Waals surface area contributed by atoms with Gasteiger partial charge in [0.05, 0.1) is 5.25 Å². The number of benzene rings is 2. The third-order valence-electron chi connectivity index (χ3n) is 3.73. The summed E-state index contributed by atoms with van der Waals surface area (Å²) in [5.74, 6) is 0.615. The molecule has 0 spiro atoms. The molecule has 0 radical (unpaired) electrons. The van der Waals surface area contributed by atoms with Gasteiger partial charge in [-0.3, -0.25) is 4.21 Å². The second-order valence-electron chi connectivity index (χ2n) is 5.13. The fourth-order valence-corrected chi connectivity index (χ4v) is 4.35. The molecule has 3 unspecified atom stereocenters. The SMILES string of the molecule is CCC(C(NC)c1ccccc1)S(=O)Cc1ccccc1. The average Bonchev–Trinajstić information content (AvgIpc) is 2.54. The summed E-state index contributed by atoms with van der Waals surface area (Å²) in [4.78, 5) is 0. The van der Waals surface area contributed by atoms with E-state index < -0.39 is 10.8 Å². The van der Waals surface area contributed by atoms with E-state index in [1.165, 1.54) is 5.56 Å². The zero-order chi connectivity index (χ0) is 15.1. The summed E-state index contributed by atoms with van der Waals surface area (Å²) < 4.78 is 12.8. The van der Waals surface area contributed by atoms with E-state index >= 15 is 0 Å². The van der Waals surface area contributed by atoms with Crippen molar-refractivity contribution in [1.82, 2.24) is 5.32 Å². The van der Waals surface area contributed by atoms with E-state index in [-0.39, 0.29) is 11.3 Å². The summed E-state index contributed by atoms with van der Waals surface area (Å²) in [5.41, 5.74) is 2.34. The lowest BCUT2D eigenvalue weighted by atomic mass is 10.0. The van der Waals surface area contributed by atoms with Crippen LogP contribution >= 0.6 is 0 Å². The highest BCUT2D eigenvalue weighted by Gasteiger charge is 2.25. The Balaban J connectivity index is 2.15. The molecule has 0 aliphatic carbocycles. The molecule has 2 rings (SSSR count). The van der Waals surface area contributed by atoms with E-state index in [2.05, 4.69) is 24.4 Å². The molecule has 2 aromatic rings. The summed E-state index contributed by atoms with van der Waals surface area (Å²) in [6, 6.07) is 20.5. The topological polar surface area (TPSA) is 29.1 Å². The van der Waals surface area contributed by atoms with Crippen molar-refractivity contribution in [3.63, 3.8) is 0 Å². The Labute approximate surface area is 130 Å². The molecule has 0 aromatic heterocycles. The van der Waals surface area contributed by atoms with Gasteiger partial charge in [0.25, 0.3) is 0 Å². The van der Waals surface area contributed by atoms with Gasteiger partial charge in [0.15, 0.2) is 0 Å². The van der Waals surface area contributed by atoms with Gasteiger partial charge in [0.1, 0.15) is 0 Å². The molecule has 0 bridgehead atoms. The van der Waals surface area contributed by atoms with Crippen LogP contribution in [0.25, 0.3) is 0 Å². The van der Waals surface area contributed by atoms with Crippen molar-refractivity contribution < 1.29 is 4.21 Å². The van der Waals surface area contributed by atoms with Crippen LogP contribution in [-0.4, -0.2) is 16.5 Å². The van der Waals surface area contributed by atoms with Crippen molar-refractivity contribution in [1.29, 1.82) is 0 Å². The summed E-state index contributed by atoms with van der Waals surface area (Å²) >= 11 is 0. The maximum atomic E-state index is 12.8. The lowest BCUT2D eigenvalue weighted by molar-refractivity contribution is 0.538. The van der Waals surface area contributed by atoms with Crippen LogP contribution in [-0.2, 0) is 16.6 Å². The van der Waals surface area contributed by atoms with Crippen molar-refractivity contribution in [2.75, 3.05) is 7.05 Å². The third-order valence-corrected chi connectivity index (χ3v) is 5.63. The largest absolute Gasteiger partial charge is 0.312 e. The molecule has 0 aliphatic rings. The highest BCUT2D eigenvalue weighted by Crippen LogP contribution is 2.24. The van der Waals surface area contributed by atoms with Gasteiger partial charge in [0.2, 0.25) is 0 Å². The Bertz CT molecular complexity index is 556. The normalized spacial score (nSPS) is 15.3. The first-order valence-corrected chi connectivity index (χ1v) is 8.77. The zero-order valence-electron chi connectivity index (χ0n) is 12.7. The highest BCUT2D eigenvalue weighted by atomic mass is 32.2. The van der Waals surface area contributed by atoms with E-state index in [1.54, 1.807) is 0 Å². The van der Waals surface area contributed by atoms with Crippen LogP contribution in [0.4, 0.5) is 0 Å². The number of hydrogen-bond acceptors (Lipinski definition) is 2. The van der Waals surface area contributed by atoms with E-state index in [0.29, 0.717) is 5.75 Å². The second-order valence-corrected chi connectivity index (χ2v) is 6.79. The Morgan fingerprint density at radius 2 is 1.57 bits per heavy atom. The van der Waals surface area contributed by atoms with Gasteiger partial charge < -0.3 is 5.32 Å². The Hall–Kier alpha value is -1.45. The molecule has 0 saturated heterocycles. The van der Waals surface area contributed by atoms with Gasteiger partial charge in [-0.1, -0.05) is 67.6 Å². The van der Waals surface area contributed by atoms with Gasteiger partial charge in [-0.15, -0.1) is 0 Å². The van der Waals surface area contributed by atoms with Crippen molar-refractivity contribution >= 4 is 10.8 Å². The monoisotopic (exact) mass is 301 g/mol. The molecule has 3 atom stereocenters. The fraction of sp³-hybridized carbons (Fsp3) is 0.333. The summed E-state index contributed by atoms with van der Waals surface area (Å²) in [5, 5.41) is 3.45. The van der Waals surface area contributed by atoms with Crippen LogP contribution < -0.4 is 5.32 Å². The van der Waals surface area contributed by atoms with E-state index in [9.17, 15) is 4.21 Å². The molecule has 0 saturated carbocycles. The molecule has 0 heterocycles.